The SMILES string of the molecule is NNc1ccc(C(=O)Nc2cc(Br)ccc2F)nn1. The van der Waals surface area contributed by atoms with Crippen molar-refractivity contribution in [2.45, 2.75) is 0 Å². The highest BCUT2D eigenvalue weighted by Gasteiger charge is 2.11. The van der Waals surface area contributed by atoms with Crippen molar-refractivity contribution in [3.63, 3.8) is 0 Å². The predicted molar refractivity (Wildman–Crippen MR) is 71.9 cm³/mol. The van der Waals surface area contributed by atoms with Crippen molar-refractivity contribution in [2.24, 2.45) is 5.84 Å². The lowest BCUT2D eigenvalue weighted by Gasteiger charge is -2.06. The molecule has 6 nitrogen and oxygen atoms in total. The van der Waals surface area contributed by atoms with Gasteiger partial charge in [-0.2, -0.15) is 0 Å². The number of rotatable bonds is 3. The summed E-state index contributed by atoms with van der Waals surface area (Å²) in [5, 5.41) is 9.72. The molecule has 0 saturated heterocycles. The number of hydrogen-bond donors (Lipinski definition) is 3. The average Bonchev–Trinajstić information content (AvgIpc) is 2.43. The van der Waals surface area contributed by atoms with E-state index in [0.717, 1.165) is 0 Å². The Morgan fingerprint density at radius 1 is 1.26 bits per heavy atom. The van der Waals surface area contributed by atoms with E-state index in [4.69, 9.17) is 5.84 Å². The zero-order valence-electron chi connectivity index (χ0n) is 9.52. The number of hydrazine groups is 1. The van der Waals surface area contributed by atoms with Gasteiger partial charge in [-0.05, 0) is 30.3 Å². The molecule has 0 bridgehead atoms. The standard InChI is InChI=1S/C11H9BrFN5O/c12-6-1-2-7(13)9(5-6)15-11(19)8-3-4-10(16-14)18-17-8/h1-5H,14H2,(H,15,19)(H,16,18). The van der Waals surface area contributed by atoms with Crippen LogP contribution in [-0.2, 0) is 0 Å². The summed E-state index contributed by atoms with van der Waals surface area (Å²) in [4.78, 5) is 11.8. The summed E-state index contributed by atoms with van der Waals surface area (Å²) in [6.07, 6.45) is 0. The maximum absolute atomic E-state index is 13.5. The van der Waals surface area contributed by atoms with Crippen LogP contribution in [0.5, 0.6) is 0 Å². The molecule has 0 atom stereocenters. The van der Waals surface area contributed by atoms with Crippen LogP contribution in [0.2, 0.25) is 0 Å². The second-order valence-corrected chi connectivity index (χ2v) is 4.44. The molecule has 0 aliphatic rings. The number of hydrogen-bond acceptors (Lipinski definition) is 5. The Balaban J connectivity index is 2.18. The van der Waals surface area contributed by atoms with Crippen LogP contribution in [0.1, 0.15) is 10.5 Å². The lowest BCUT2D eigenvalue weighted by Crippen LogP contribution is -2.16. The average molecular weight is 326 g/mol. The van der Waals surface area contributed by atoms with E-state index in [2.05, 4.69) is 36.9 Å². The highest BCUT2D eigenvalue weighted by Crippen LogP contribution is 2.20. The minimum Gasteiger partial charge on any atom is -0.318 e. The van der Waals surface area contributed by atoms with Crippen molar-refractivity contribution in [3.8, 4) is 0 Å². The molecule has 0 aliphatic heterocycles. The number of nitrogens with one attached hydrogen (secondary N) is 2. The quantitative estimate of drug-likeness (QED) is 0.592. The second kappa shape index (κ2) is 5.72. The lowest BCUT2D eigenvalue weighted by molar-refractivity contribution is 0.102. The molecule has 1 amide bonds. The minimum atomic E-state index is -0.562. The summed E-state index contributed by atoms with van der Waals surface area (Å²) in [5.41, 5.74) is 2.40. The third kappa shape index (κ3) is 3.24. The van der Waals surface area contributed by atoms with Crippen molar-refractivity contribution in [3.05, 3.63) is 46.3 Å². The van der Waals surface area contributed by atoms with Gasteiger partial charge in [0, 0.05) is 4.47 Å². The molecule has 8 heteroatoms. The van der Waals surface area contributed by atoms with E-state index in [9.17, 15) is 9.18 Å². The Morgan fingerprint density at radius 3 is 2.68 bits per heavy atom. The number of nitrogens with zero attached hydrogens (tertiary/aromatic N) is 2. The molecule has 1 aromatic carbocycles. The molecule has 2 aromatic rings. The summed E-state index contributed by atoms with van der Waals surface area (Å²) >= 11 is 3.19. The molecule has 0 fully saturated rings. The third-order valence-corrected chi connectivity index (χ3v) is 2.71. The fourth-order valence-corrected chi connectivity index (χ4v) is 1.67. The van der Waals surface area contributed by atoms with Crippen molar-refractivity contribution in [2.75, 3.05) is 10.7 Å². The summed E-state index contributed by atoms with van der Waals surface area (Å²) in [7, 11) is 0. The van der Waals surface area contributed by atoms with Crippen LogP contribution < -0.4 is 16.6 Å². The smallest absolute Gasteiger partial charge is 0.276 e. The number of carbonyl (C=O) groups excluding carboxylic acids is 1. The van der Waals surface area contributed by atoms with Gasteiger partial charge in [0.2, 0.25) is 0 Å². The number of anilines is 2. The third-order valence-electron chi connectivity index (χ3n) is 2.22. The highest BCUT2D eigenvalue weighted by atomic mass is 79.9. The normalized spacial score (nSPS) is 10.1. The van der Waals surface area contributed by atoms with Crippen LogP contribution in [0.25, 0.3) is 0 Å². The topological polar surface area (TPSA) is 92.9 Å². The molecular formula is C11H9BrFN5O. The molecule has 19 heavy (non-hydrogen) atoms. The number of nitrogen functional groups attached to an aromatic ring is 1. The Hall–Kier alpha value is -2.06. The Morgan fingerprint density at radius 2 is 2.05 bits per heavy atom. The van der Waals surface area contributed by atoms with Crippen molar-refractivity contribution in [1.29, 1.82) is 0 Å². The molecule has 0 aliphatic carbocycles. The number of carbonyl (C=O) groups is 1. The molecular weight excluding hydrogens is 317 g/mol. The van der Waals surface area contributed by atoms with Crippen LogP contribution in [0, 0.1) is 5.82 Å². The van der Waals surface area contributed by atoms with E-state index in [1.165, 1.54) is 30.3 Å². The second-order valence-electron chi connectivity index (χ2n) is 3.53. The summed E-state index contributed by atoms with van der Waals surface area (Å²) < 4.78 is 14.1. The Kier molecular flexibility index (Phi) is 4.03. The Bertz CT molecular complexity index is 605. The lowest BCUT2D eigenvalue weighted by atomic mass is 10.3. The van der Waals surface area contributed by atoms with Gasteiger partial charge in [0.05, 0.1) is 5.69 Å². The van der Waals surface area contributed by atoms with Gasteiger partial charge in [-0.25, -0.2) is 10.2 Å². The summed E-state index contributed by atoms with van der Waals surface area (Å²) in [5.74, 6) is 4.35. The van der Waals surface area contributed by atoms with E-state index in [-0.39, 0.29) is 11.4 Å². The number of nitrogens with two attached hydrogens (primary N) is 1. The van der Waals surface area contributed by atoms with E-state index in [0.29, 0.717) is 10.3 Å². The van der Waals surface area contributed by atoms with Gasteiger partial charge >= 0.3 is 0 Å². The van der Waals surface area contributed by atoms with Gasteiger partial charge in [-0.1, -0.05) is 15.9 Å². The van der Waals surface area contributed by atoms with Crippen LogP contribution in [0.4, 0.5) is 15.9 Å². The molecule has 1 heterocycles. The molecule has 2 rings (SSSR count). The largest absolute Gasteiger partial charge is 0.318 e. The zero-order chi connectivity index (χ0) is 13.8. The van der Waals surface area contributed by atoms with Gasteiger partial charge in [0.25, 0.3) is 5.91 Å². The predicted octanol–water partition coefficient (Wildman–Crippen LogP) is 1.92. The number of aromatic nitrogens is 2. The first-order valence-electron chi connectivity index (χ1n) is 5.17. The van der Waals surface area contributed by atoms with Gasteiger partial charge in [-0.3, -0.25) is 4.79 Å². The van der Waals surface area contributed by atoms with E-state index in [1.54, 1.807) is 0 Å². The van der Waals surface area contributed by atoms with Gasteiger partial charge in [0.1, 0.15) is 5.82 Å². The van der Waals surface area contributed by atoms with Crippen molar-refractivity contribution in [1.82, 2.24) is 10.2 Å². The van der Waals surface area contributed by atoms with Crippen LogP contribution in [0.15, 0.2) is 34.8 Å². The number of amides is 1. The number of benzene rings is 1. The van der Waals surface area contributed by atoms with Crippen LogP contribution >= 0.6 is 15.9 Å². The molecule has 4 N–H and O–H groups in total. The Labute approximate surface area is 116 Å². The first-order valence-corrected chi connectivity index (χ1v) is 5.96. The first-order chi connectivity index (χ1) is 9.10. The molecule has 0 spiro atoms. The van der Waals surface area contributed by atoms with Crippen molar-refractivity contribution >= 4 is 33.3 Å². The molecule has 1 aromatic heterocycles. The van der Waals surface area contributed by atoms with Gasteiger partial charge in [0.15, 0.2) is 11.5 Å². The maximum Gasteiger partial charge on any atom is 0.276 e. The van der Waals surface area contributed by atoms with Gasteiger partial charge in [-0.15, -0.1) is 10.2 Å². The van der Waals surface area contributed by atoms with Gasteiger partial charge < -0.3 is 10.7 Å². The van der Waals surface area contributed by atoms with E-state index in [1.807, 2.05) is 0 Å². The first kappa shape index (κ1) is 13.4. The van der Waals surface area contributed by atoms with E-state index < -0.39 is 11.7 Å². The fourth-order valence-electron chi connectivity index (χ4n) is 1.31. The van der Waals surface area contributed by atoms with E-state index >= 15 is 0 Å². The molecule has 0 radical (unpaired) electrons. The monoisotopic (exact) mass is 325 g/mol. The van der Waals surface area contributed by atoms with Crippen molar-refractivity contribution < 1.29 is 9.18 Å². The summed E-state index contributed by atoms with van der Waals surface area (Å²) in [6.45, 7) is 0. The molecule has 0 unspecified atom stereocenters. The molecule has 0 saturated carbocycles. The van der Waals surface area contributed by atoms with Crippen LogP contribution in [-0.4, -0.2) is 16.1 Å². The van der Waals surface area contributed by atoms with Crippen LogP contribution in [0.3, 0.4) is 0 Å². The minimum absolute atomic E-state index is 0.0541. The summed E-state index contributed by atoms with van der Waals surface area (Å²) in [6, 6.07) is 7.14. The zero-order valence-corrected chi connectivity index (χ0v) is 11.1. The molecule has 98 valence electrons. The highest BCUT2D eigenvalue weighted by molar-refractivity contribution is 9.10. The fraction of sp³-hybridized carbons (Fsp3) is 0. The maximum atomic E-state index is 13.5. The number of halogens is 2.